The van der Waals surface area contributed by atoms with Crippen LogP contribution < -0.4 is 10.2 Å². The second-order valence-electron chi connectivity index (χ2n) is 7.29. The number of para-hydroxylation sites is 1. The topological polar surface area (TPSA) is 57.6 Å². The molecule has 4 rings (SSSR count). The normalized spacial score (nSPS) is 15.0. The summed E-state index contributed by atoms with van der Waals surface area (Å²) in [7, 11) is 4.00. The van der Waals surface area contributed by atoms with Crippen molar-refractivity contribution in [3.05, 3.63) is 60.3 Å². The van der Waals surface area contributed by atoms with Crippen molar-refractivity contribution in [1.29, 1.82) is 0 Å². The SMILES string of the molecule is CN1CCN(c2ccc(NC(=O)C(=O)c3cn(C)c4ccccc34)cc2)CC1. The Morgan fingerprint density at radius 2 is 1.57 bits per heavy atom. The van der Waals surface area contributed by atoms with E-state index in [-0.39, 0.29) is 0 Å². The van der Waals surface area contributed by atoms with E-state index in [0.717, 1.165) is 42.8 Å². The van der Waals surface area contributed by atoms with E-state index in [1.807, 2.05) is 60.1 Å². The van der Waals surface area contributed by atoms with Gasteiger partial charge in [0.25, 0.3) is 11.7 Å². The van der Waals surface area contributed by atoms with Gasteiger partial charge in [-0.15, -0.1) is 0 Å². The molecule has 1 aliphatic rings. The lowest BCUT2D eigenvalue weighted by Gasteiger charge is -2.34. The van der Waals surface area contributed by atoms with Crippen molar-refractivity contribution in [2.75, 3.05) is 43.4 Å². The van der Waals surface area contributed by atoms with Gasteiger partial charge in [0.2, 0.25) is 0 Å². The number of nitrogens with one attached hydrogen (secondary N) is 1. The molecule has 6 heteroatoms. The number of likely N-dealkylation sites (N-methyl/N-ethyl adjacent to an activating group) is 1. The summed E-state index contributed by atoms with van der Waals surface area (Å²) in [4.78, 5) is 29.8. The molecule has 1 saturated heterocycles. The summed E-state index contributed by atoms with van der Waals surface area (Å²) in [5.74, 6) is -1.15. The molecule has 1 fully saturated rings. The maximum Gasteiger partial charge on any atom is 0.296 e. The van der Waals surface area contributed by atoms with Gasteiger partial charge in [-0.25, -0.2) is 0 Å². The Kier molecular flexibility index (Phi) is 4.88. The van der Waals surface area contributed by atoms with Crippen LogP contribution >= 0.6 is 0 Å². The highest BCUT2D eigenvalue weighted by molar-refractivity contribution is 6.48. The van der Waals surface area contributed by atoms with Gasteiger partial charge in [-0.1, -0.05) is 18.2 Å². The fourth-order valence-corrected chi connectivity index (χ4v) is 3.65. The molecule has 0 spiro atoms. The van der Waals surface area contributed by atoms with Crippen molar-refractivity contribution in [3.8, 4) is 0 Å². The number of nitrogens with zero attached hydrogens (tertiary/aromatic N) is 3. The molecule has 1 amide bonds. The second kappa shape index (κ2) is 7.48. The molecule has 144 valence electrons. The van der Waals surface area contributed by atoms with Crippen molar-refractivity contribution in [2.45, 2.75) is 0 Å². The van der Waals surface area contributed by atoms with Crippen LogP contribution in [0.3, 0.4) is 0 Å². The van der Waals surface area contributed by atoms with Gasteiger partial charge in [-0.3, -0.25) is 9.59 Å². The zero-order valence-electron chi connectivity index (χ0n) is 16.2. The maximum absolute atomic E-state index is 12.7. The Labute approximate surface area is 164 Å². The number of amides is 1. The first-order valence-electron chi connectivity index (χ1n) is 9.46. The van der Waals surface area contributed by atoms with Crippen LogP contribution in [0, 0.1) is 0 Å². The summed E-state index contributed by atoms with van der Waals surface area (Å²) >= 11 is 0. The van der Waals surface area contributed by atoms with E-state index in [2.05, 4.69) is 22.2 Å². The number of carbonyl (C=O) groups excluding carboxylic acids is 2. The highest BCUT2D eigenvalue weighted by Gasteiger charge is 2.21. The molecule has 0 saturated carbocycles. The first-order valence-corrected chi connectivity index (χ1v) is 9.46. The largest absolute Gasteiger partial charge is 0.369 e. The van der Waals surface area contributed by atoms with Crippen LogP contribution in [0.4, 0.5) is 11.4 Å². The van der Waals surface area contributed by atoms with Gasteiger partial charge in [0, 0.05) is 61.7 Å². The zero-order valence-corrected chi connectivity index (χ0v) is 16.2. The third kappa shape index (κ3) is 3.51. The van der Waals surface area contributed by atoms with Crippen LogP contribution in [0.5, 0.6) is 0 Å². The minimum atomic E-state index is -0.622. The molecule has 28 heavy (non-hydrogen) atoms. The highest BCUT2D eigenvalue weighted by Crippen LogP contribution is 2.22. The molecule has 2 aromatic carbocycles. The molecular formula is C22H24N4O2. The standard InChI is InChI=1S/C22H24N4O2/c1-24-11-13-26(14-12-24)17-9-7-16(8-10-17)23-22(28)21(27)19-15-25(2)20-6-4-3-5-18(19)20/h3-10,15H,11-14H2,1-2H3,(H,23,28). The number of hydrogen-bond acceptors (Lipinski definition) is 4. The maximum atomic E-state index is 12.7. The highest BCUT2D eigenvalue weighted by atomic mass is 16.2. The second-order valence-corrected chi connectivity index (χ2v) is 7.29. The van der Waals surface area contributed by atoms with Crippen LogP contribution in [-0.4, -0.2) is 54.4 Å². The van der Waals surface area contributed by atoms with E-state index in [9.17, 15) is 9.59 Å². The van der Waals surface area contributed by atoms with Gasteiger partial charge >= 0.3 is 0 Å². The van der Waals surface area contributed by atoms with E-state index in [1.54, 1.807) is 6.20 Å². The molecule has 3 aromatic rings. The molecule has 1 aromatic heterocycles. The smallest absolute Gasteiger partial charge is 0.296 e. The van der Waals surface area contributed by atoms with E-state index < -0.39 is 11.7 Å². The van der Waals surface area contributed by atoms with Crippen LogP contribution in [0.2, 0.25) is 0 Å². The number of aryl methyl sites for hydroxylation is 1. The summed E-state index contributed by atoms with van der Waals surface area (Å²) in [6.07, 6.45) is 1.71. The average Bonchev–Trinajstić information content (AvgIpc) is 3.05. The van der Waals surface area contributed by atoms with E-state index in [1.165, 1.54) is 0 Å². The lowest BCUT2D eigenvalue weighted by molar-refractivity contribution is -0.112. The van der Waals surface area contributed by atoms with Gasteiger partial charge in [-0.2, -0.15) is 0 Å². The first kappa shape index (κ1) is 18.3. The quantitative estimate of drug-likeness (QED) is 0.562. The van der Waals surface area contributed by atoms with Crippen molar-refractivity contribution in [3.63, 3.8) is 0 Å². The number of fused-ring (bicyclic) bond motifs is 1. The molecule has 0 bridgehead atoms. The minimum Gasteiger partial charge on any atom is -0.369 e. The van der Waals surface area contributed by atoms with Gasteiger partial charge in [0.05, 0.1) is 5.56 Å². The Hall–Kier alpha value is -3.12. The number of hydrogen-bond donors (Lipinski definition) is 1. The van der Waals surface area contributed by atoms with Gasteiger partial charge in [-0.05, 0) is 37.4 Å². The summed E-state index contributed by atoms with van der Waals surface area (Å²) in [6, 6.07) is 15.3. The molecule has 0 atom stereocenters. The number of ketones is 1. The van der Waals surface area contributed by atoms with Crippen LogP contribution in [-0.2, 0) is 11.8 Å². The van der Waals surface area contributed by atoms with E-state index >= 15 is 0 Å². The predicted octanol–water partition coefficient (Wildman–Crippen LogP) is 2.75. The lowest BCUT2D eigenvalue weighted by atomic mass is 10.1. The fourth-order valence-electron chi connectivity index (χ4n) is 3.65. The van der Waals surface area contributed by atoms with E-state index in [4.69, 9.17) is 0 Å². The van der Waals surface area contributed by atoms with E-state index in [0.29, 0.717) is 11.3 Å². The fraction of sp³-hybridized carbons (Fsp3) is 0.273. The van der Waals surface area contributed by atoms with Crippen LogP contribution in [0.25, 0.3) is 10.9 Å². The molecule has 0 radical (unpaired) electrons. The minimum absolute atomic E-state index is 0.421. The summed E-state index contributed by atoms with van der Waals surface area (Å²) in [5, 5.41) is 3.51. The number of benzene rings is 2. The number of aromatic nitrogens is 1. The average molecular weight is 376 g/mol. The molecule has 2 heterocycles. The third-order valence-electron chi connectivity index (χ3n) is 5.34. The molecule has 1 aliphatic heterocycles. The van der Waals surface area contributed by atoms with Crippen molar-refractivity contribution in [1.82, 2.24) is 9.47 Å². The molecule has 0 aliphatic carbocycles. The number of Topliss-reactive ketones (excluding diaryl/α,β-unsaturated/α-hetero) is 1. The summed E-state index contributed by atoms with van der Waals surface area (Å²) in [5.41, 5.74) is 3.10. The molecule has 0 unspecified atom stereocenters. The number of carbonyl (C=O) groups is 2. The van der Waals surface area contributed by atoms with Gasteiger partial charge < -0.3 is 19.7 Å². The number of rotatable bonds is 4. The monoisotopic (exact) mass is 376 g/mol. The summed E-state index contributed by atoms with van der Waals surface area (Å²) in [6.45, 7) is 4.06. The Morgan fingerprint density at radius 1 is 0.893 bits per heavy atom. The van der Waals surface area contributed by atoms with Gasteiger partial charge in [0.1, 0.15) is 0 Å². The lowest BCUT2D eigenvalue weighted by Crippen LogP contribution is -2.44. The van der Waals surface area contributed by atoms with Crippen molar-refractivity contribution in [2.24, 2.45) is 7.05 Å². The first-order chi connectivity index (χ1) is 13.5. The van der Waals surface area contributed by atoms with Gasteiger partial charge in [0.15, 0.2) is 0 Å². The van der Waals surface area contributed by atoms with Crippen LogP contribution in [0.1, 0.15) is 10.4 Å². The Morgan fingerprint density at radius 3 is 2.29 bits per heavy atom. The summed E-state index contributed by atoms with van der Waals surface area (Å²) < 4.78 is 1.86. The third-order valence-corrected chi connectivity index (χ3v) is 5.34. The molecular weight excluding hydrogens is 352 g/mol. The molecule has 6 nitrogen and oxygen atoms in total. The van der Waals surface area contributed by atoms with Crippen molar-refractivity contribution < 1.29 is 9.59 Å². The predicted molar refractivity (Wildman–Crippen MR) is 112 cm³/mol. The Bertz CT molecular complexity index is 1010. The van der Waals surface area contributed by atoms with Crippen molar-refractivity contribution >= 4 is 34.0 Å². The molecule has 1 N–H and O–H groups in total. The van der Waals surface area contributed by atoms with Crippen LogP contribution in [0.15, 0.2) is 54.7 Å². The zero-order chi connectivity index (χ0) is 19.7. The Balaban J connectivity index is 1.46. The number of anilines is 2. The number of piperazine rings is 1.